The number of imide groups is 1. The number of nitrogens with zero attached hydrogens (tertiary/aromatic N) is 1. The van der Waals surface area contributed by atoms with Gasteiger partial charge in [0.25, 0.3) is 11.6 Å². The lowest BCUT2D eigenvalue weighted by atomic mass is 10.1. The predicted molar refractivity (Wildman–Crippen MR) is 92.0 cm³/mol. The molecule has 0 radical (unpaired) electrons. The first-order chi connectivity index (χ1) is 11.9. The lowest BCUT2D eigenvalue weighted by Gasteiger charge is -2.19. The fraction of sp³-hybridized carbons (Fsp3) is 0.471. The number of nitro groups is 1. The van der Waals surface area contributed by atoms with Crippen molar-refractivity contribution in [3.05, 3.63) is 39.4 Å². The highest BCUT2D eigenvalue weighted by molar-refractivity contribution is 6.10. The highest BCUT2D eigenvalue weighted by Crippen LogP contribution is 2.20. The van der Waals surface area contributed by atoms with Gasteiger partial charge in [0.2, 0.25) is 0 Å². The Bertz CT molecular complexity index is 722. The number of carbonyl (C=O) groups is 3. The molecule has 0 saturated carbocycles. The van der Waals surface area contributed by atoms with Crippen LogP contribution in [0.1, 0.15) is 61.8 Å². The molecule has 0 aromatic heterocycles. The van der Waals surface area contributed by atoms with E-state index < -0.39 is 40.3 Å². The summed E-state index contributed by atoms with van der Waals surface area (Å²) in [5.41, 5.74) is -1.78. The smallest absolute Gasteiger partial charge is 0.414 e. The molecule has 1 unspecified atom stereocenters. The number of amides is 2. The molecule has 142 valence electrons. The number of nitrogens with one attached hydrogen (secondary N) is 1. The maximum atomic E-state index is 12.4. The van der Waals surface area contributed by atoms with Crippen LogP contribution in [0.4, 0.5) is 10.5 Å². The summed E-state index contributed by atoms with van der Waals surface area (Å²) in [6.45, 7) is 8.31. The summed E-state index contributed by atoms with van der Waals surface area (Å²) < 4.78 is 10.1. The first-order valence-corrected chi connectivity index (χ1v) is 7.98. The normalized spacial score (nSPS) is 12.0. The summed E-state index contributed by atoms with van der Waals surface area (Å²) >= 11 is 0. The number of hydrogen-bond donors (Lipinski definition) is 1. The number of ether oxygens (including phenoxy) is 2. The average molecular weight is 366 g/mol. The summed E-state index contributed by atoms with van der Waals surface area (Å²) in [6.07, 6.45) is -0.882. The Hall–Kier alpha value is -2.97. The minimum absolute atomic E-state index is 0.183. The van der Waals surface area contributed by atoms with Crippen LogP contribution in [0.25, 0.3) is 0 Å². The van der Waals surface area contributed by atoms with Crippen LogP contribution in [-0.4, -0.2) is 34.6 Å². The molecule has 1 aromatic carbocycles. The molecule has 0 aliphatic rings. The van der Waals surface area contributed by atoms with E-state index in [9.17, 15) is 24.5 Å². The fourth-order valence-corrected chi connectivity index (χ4v) is 1.80. The highest BCUT2D eigenvalue weighted by Gasteiger charge is 2.25. The maximum absolute atomic E-state index is 12.4. The molecule has 2 amide bonds. The number of esters is 1. The van der Waals surface area contributed by atoms with Crippen LogP contribution in [0, 0.1) is 10.1 Å². The molecular formula is C17H22N2O7. The molecule has 9 nitrogen and oxygen atoms in total. The Kier molecular flexibility index (Phi) is 6.82. The molecule has 1 aromatic rings. The fourth-order valence-electron chi connectivity index (χ4n) is 1.80. The zero-order chi connectivity index (χ0) is 20.1. The van der Waals surface area contributed by atoms with Gasteiger partial charge in [0.1, 0.15) is 5.60 Å². The van der Waals surface area contributed by atoms with Gasteiger partial charge in [-0.2, -0.15) is 0 Å². The van der Waals surface area contributed by atoms with Crippen LogP contribution < -0.4 is 5.32 Å². The Morgan fingerprint density at radius 1 is 1.23 bits per heavy atom. The van der Waals surface area contributed by atoms with Crippen molar-refractivity contribution in [1.82, 2.24) is 5.32 Å². The van der Waals surface area contributed by atoms with Crippen LogP contribution >= 0.6 is 0 Å². The number of rotatable bonds is 5. The SMILES string of the molecule is CCC(C)OC(=O)c1ccc([N+](=O)[O-])cc1C(=O)NC(=O)OC(C)(C)C. The van der Waals surface area contributed by atoms with E-state index in [1.165, 1.54) is 0 Å². The second-order valence-corrected chi connectivity index (χ2v) is 6.57. The van der Waals surface area contributed by atoms with Crippen molar-refractivity contribution < 1.29 is 28.8 Å². The number of nitro benzene ring substituents is 1. The van der Waals surface area contributed by atoms with Gasteiger partial charge in [-0.1, -0.05) is 6.92 Å². The van der Waals surface area contributed by atoms with Gasteiger partial charge in [-0.15, -0.1) is 0 Å². The molecule has 0 aliphatic heterocycles. The van der Waals surface area contributed by atoms with Crippen LogP contribution in [-0.2, 0) is 9.47 Å². The second kappa shape index (κ2) is 8.41. The second-order valence-electron chi connectivity index (χ2n) is 6.57. The van der Waals surface area contributed by atoms with Crippen molar-refractivity contribution in [2.75, 3.05) is 0 Å². The quantitative estimate of drug-likeness (QED) is 0.482. The molecule has 1 atom stereocenters. The highest BCUT2D eigenvalue weighted by atomic mass is 16.6. The summed E-state index contributed by atoms with van der Waals surface area (Å²) in [5.74, 6) is -1.82. The van der Waals surface area contributed by atoms with E-state index >= 15 is 0 Å². The molecule has 0 fully saturated rings. The first kappa shape index (κ1) is 21.1. The molecule has 9 heteroatoms. The monoisotopic (exact) mass is 366 g/mol. The van der Waals surface area contributed by atoms with Crippen molar-refractivity contribution in [1.29, 1.82) is 0 Å². The van der Waals surface area contributed by atoms with Gasteiger partial charge in [0.15, 0.2) is 0 Å². The number of hydrogen-bond acceptors (Lipinski definition) is 7. The third kappa shape index (κ3) is 6.15. The molecule has 1 N–H and O–H groups in total. The van der Waals surface area contributed by atoms with Gasteiger partial charge in [-0.05, 0) is 40.2 Å². The molecular weight excluding hydrogens is 344 g/mol. The summed E-state index contributed by atoms with van der Waals surface area (Å²) in [6, 6.07) is 3.11. The Morgan fingerprint density at radius 2 is 1.85 bits per heavy atom. The minimum Gasteiger partial charge on any atom is -0.459 e. The van der Waals surface area contributed by atoms with Crippen molar-refractivity contribution in [3.8, 4) is 0 Å². The molecule has 0 spiro atoms. The number of benzene rings is 1. The van der Waals surface area contributed by atoms with Gasteiger partial charge in [-0.3, -0.25) is 20.2 Å². The molecule has 1 rings (SSSR count). The summed E-state index contributed by atoms with van der Waals surface area (Å²) in [7, 11) is 0. The van der Waals surface area contributed by atoms with E-state index in [-0.39, 0.29) is 11.1 Å². The molecule has 0 bridgehead atoms. The Balaban J connectivity index is 3.17. The van der Waals surface area contributed by atoms with Crippen LogP contribution in [0.2, 0.25) is 0 Å². The van der Waals surface area contributed by atoms with E-state index in [0.717, 1.165) is 18.2 Å². The maximum Gasteiger partial charge on any atom is 0.414 e. The largest absolute Gasteiger partial charge is 0.459 e. The average Bonchev–Trinajstić information content (AvgIpc) is 2.51. The number of carbonyl (C=O) groups excluding carboxylic acids is 3. The van der Waals surface area contributed by atoms with E-state index in [0.29, 0.717) is 6.42 Å². The van der Waals surface area contributed by atoms with Crippen molar-refractivity contribution in [3.63, 3.8) is 0 Å². The van der Waals surface area contributed by atoms with Gasteiger partial charge in [-0.25, -0.2) is 9.59 Å². The number of alkyl carbamates (subject to hydrolysis) is 1. The van der Waals surface area contributed by atoms with Gasteiger partial charge >= 0.3 is 12.1 Å². The van der Waals surface area contributed by atoms with E-state index in [4.69, 9.17) is 9.47 Å². The third-order valence-corrected chi connectivity index (χ3v) is 3.18. The zero-order valence-corrected chi connectivity index (χ0v) is 15.3. The predicted octanol–water partition coefficient (Wildman–Crippen LogP) is 3.22. The molecule has 0 heterocycles. The van der Waals surface area contributed by atoms with E-state index in [1.807, 2.05) is 12.2 Å². The van der Waals surface area contributed by atoms with Gasteiger partial charge in [0.05, 0.1) is 22.2 Å². The standard InChI is InChI=1S/C17H22N2O7/c1-6-10(2)25-15(21)12-8-7-11(19(23)24)9-13(12)14(20)18-16(22)26-17(3,4)5/h7-10H,6H2,1-5H3,(H,18,20,22). The van der Waals surface area contributed by atoms with Crippen molar-refractivity contribution >= 4 is 23.7 Å². The van der Waals surface area contributed by atoms with Crippen molar-refractivity contribution in [2.24, 2.45) is 0 Å². The van der Waals surface area contributed by atoms with Crippen LogP contribution in [0.15, 0.2) is 18.2 Å². The number of non-ortho nitro benzene ring substituents is 1. The molecule has 26 heavy (non-hydrogen) atoms. The van der Waals surface area contributed by atoms with E-state index in [1.54, 1.807) is 27.7 Å². The lowest BCUT2D eigenvalue weighted by Crippen LogP contribution is -2.37. The van der Waals surface area contributed by atoms with Gasteiger partial charge < -0.3 is 9.47 Å². The van der Waals surface area contributed by atoms with Crippen LogP contribution in [0.5, 0.6) is 0 Å². The Labute approximate surface area is 150 Å². The first-order valence-electron chi connectivity index (χ1n) is 7.98. The summed E-state index contributed by atoms with van der Waals surface area (Å²) in [5, 5.41) is 12.9. The third-order valence-electron chi connectivity index (χ3n) is 3.18. The molecule has 0 saturated heterocycles. The Morgan fingerprint density at radius 3 is 2.35 bits per heavy atom. The lowest BCUT2D eigenvalue weighted by molar-refractivity contribution is -0.384. The molecule has 0 aliphatic carbocycles. The topological polar surface area (TPSA) is 125 Å². The minimum atomic E-state index is -1.03. The zero-order valence-electron chi connectivity index (χ0n) is 15.3. The van der Waals surface area contributed by atoms with Crippen molar-refractivity contribution in [2.45, 2.75) is 52.7 Å². The van der Waals surface area contributed by atoms with E-state index in [2.05, 4.69) is 0 Å². The van der Waals surface area contributed by atoms with Crippen LogP contribution in [0.3, 0.4) is 0 Å². The van der Waals surface area contributed by atoms with Gasteiger partial charge in [0, 0.05) is 12.1 Å². The summed E-state index contributed by atoms with van der Waals surface area (Å²) in [4.78, 5) is 46.6.